The van der Waals surface area contributed by atoms with Gasteiger partial charge >= 0.3 is 0 Å². The molecular formula is C18H16ClN3O4. The Morgan fingerprint density at radius 1 is 1.42 bits per heavy atom. The van der Waals surface area contributed by atoms with E-state index in [-0.39, 0.29) is 39.8 Å². The number of allylic oxidation sites excluding steroid dienone is 3. The highest BCUT2D eigenvalue weighted by molar-refractivity contribution is 6.31. The highest BCUT2D eigenvalue weighted by Crippen LogP contribution is 2.49. The summed E-state index contributed by atoms with van der Waals surface area (Å²) in [6, 6.07) is 5.90. The van der Waals surface area contributed by atoms with E-state index in [1.165, 1.54) is 18.2 Å². The van der Waals surface area contributed by atoms with Gasteiger partial charge in [-0.25, -0.2) is 0 Å². The second-order valence-corrected chi connectivity index (χ2v) is 7.57. The van der Waals surface area contributed by atoms with E-state index in [2.05, 4.69) is 0 Å². The van der Waals surface area contributed by atoms with Gasteiger partial charge in [0, 0.05) is 35.6 Å². The molecule has 0 saturated heterocycles. The number of carbonyl (C=O) groups excluding carboxylic acids is 1. The number of rotatable bonds is 2. The van der Waals surface area contributed by atoms with Gasteiger partial charge in [-0.2, -0.15) is 5.26 Å². The van der Waals surface area contributed by atoms with Crippen LogP contribution in [0.15, 0.2) is 41.0 Å². The van der Waals surface area contributed by atoms with Gasteiger partial charge in [-0.15, -0.1) is 0 Å². The smallest absolute Gasteiger partial charge is 0.269 e. The van der Waals surface area contributed by atoms with E-state index in [9.17, 15) is 20.2 Å². The summed E-state index contributed by atoms with van der Waals surface area (Å²) in [5.41, 5.74) is 6.05. The molecule has 1 aliphatic carbocycles. The van der Waals surface area contributed by atoms with Crippen LogP contribution in [0.1, 0.15) is 38.2 Å². The van der Waals surface area contributed by atoms with E-state index in [4.69, 9.17) is 22.1 Å². The van der Waals surface area contributed by atoms with Crippen LogP contribution in [0.5, 0.6) is 0 Å². The molecule has 1 heterocycles. The van der Waals surface area contributed by atoms with Crippen LogP contribution in [0.25, 0.3) is 0 Å². The first-order valence-corrected chi connectivity index (χ1v) is 8.30. The third kappa shape index (κ3) is 2.93. The van der Waals surface area contributed by atoms with Crippen molar-refractivity contribution in [3.05, 3.63) is 61.7 Å². The number of halogens is 1. The Balaban J connectivity index is 2.25. The zero-order valence-electron chi connectivity index (χ0n) is 14.2. The molecule has 1 aromatic carbocycles. The minimum Gasteiger partial charge on any atom is -0.444 e. The number of non-ortho nitro benzene ring substituents is 1. The predicted molar refractivity (Wildman–Crippen MR) is 93.8 cm³/mol. The van der Waals surface area contributed by atoms with Crippen molar-refractivity contribution in [1.29, 1.82) is 5.26 Å². The fourth-order valence-electron chi connectivity index (χ4n) is 3.46. The summed E-state index contributed by atoms with van der Waals surface area (Å²) in [7, 11) is 0. The van der Waals surface area contributed by atoms with Crippen LogP contribution in [0.2, 0.25) is 5.02 Å². The number of nitro groups is 1. The molecule has 0 unspecified atom stereocenters. The molecule has 8 heteroatoms. The molecular weight excluding hydrogens is 358 g/mol. The SMILES string of the molecule is CC1(C)CC(=O)C2=C(C1)OC(N)=C(C#N)[C@@H]2c1cc([N+](=O)[O-])ccc1Cl. The van der Waals surface area contributed by atoms with E-state index in [1.807, 2.05) is 19.9 Å². The molecule has 0 aromatic heterocycles. The maximum atomic E-state index is 12.8. The Kier molecular flexibility index (Phi) is 4.24. The maximum Gasteiger partial charge on any atom is 0.269 e. The lowest BCUT2D eigenvalue weighted by Crippen LogP contribution is -2.33. The molecule has 1 aromatic rings. The molecule has 2 N–H and O–H groups in total. The Morgan fingerprint density at radius 2 is 2.12 bits per heavy atom. The van der Waals surface area contributed by atoms with Crippen molar-refractivity contribution in [2.45, 2.75) is 32.6 Å². The highest BCUT2D eigenvalue weighted by Gasteiger charge is 2.43. The summed E-state index contributed by atoms with van der Waals surface area (Å²) in [6.45, 7) is 3.88. The normalized spacial score (nSPS) is 21.8. The molecule has 2 aliphatic rings. The Hall–Kier alpha value is -2.85. The zero-order valence-corrected chi connectivity index (χ0v) is 15.0. The molecule has 0 radical (unpaired) electrons. The fraction of sp³-hybridized carbons (Fsp3) is 0.333. The standard InChI is InChI=1S/C18H16ClN3O4/c1-18(2)6-13(23)16-14(7-18)26-17(21)11(8-20)15(16)10-5-9(22(24)25)3-4-12(10)19/h3-5,15H,6-7,21H2,1-2H3/t15-/m0/s1. The van der Waals surface area contributed by atoms with Crippen LogP contribution in [-0.2, 0) is 9.53 Å². The topological polar surface area (TPSA) is 119 Å². The van der Waals surface area contributed by atoms with Crippen molar-refractivity contribution in [2.24, 2.45) is 11.1 Å². The third-order valence-corrected chi connectivity index (χ3v) is 4.92. The van der Waals surface area contributed by atoms with Crippen molar-refractivity contribution in [3.8, 4) is 6.07 Å². The summed E-state index contributed by atoms with van der Waals surface area (Å²) >= 11 is 6.27. The largest absolute Gasteiger partial charge is 0.444 e. The number of nitrogens with zero attached hydrogens (tertiary/aromatic N) is 2. The van der Waals surface area contributed by atoms with Crippen molar-refractivity contribution in [2.75, 3.05) is 0 Å². The van der Waals surface area contributed by atoms with Crippen LogP contribution in [0.3, 0.4) is 0 Å². The van der Waals surface area contributed by atoms with Crippen LogP contribution in [0, 0.1) is 26.9 Å². The number of ketones is 1. The number of hydrogen-bond donors (Lipinski definition) is 1. The molecule has 0 amide bonds. The van der Waals surface area contributed by atoms with Gasteiger partial charge in [-0.3, -0.25) is 14.9 Å². The minimum atomic E-state index is -0.875. The maximum absolute atomic E-state index is 12.8. The Morgan fingerprint density at radius 3 is 2.73 bits per heavy atom. The second kappa shape index (κ2) is 6.15. The van der Waals surface area contributed by atoms with Crippen molar-refractivity contribution >= 4 is 23.1 Å². The van der Waals surface area contributed by atoms with Crippen LogP contribution >= 0.6 is 11.6 Å². The third-order valence-electron chi connectivity index (χ3n) is 4.58. The van der Waals surface area contributed by atoms with Crippen LogP contribution in [-0.4, -0.2) is 10.7 Å². The summed E-state index contributed by atoms with van der Waals surface area (Å²) in [5, 5.41) is 20.9. The molecule has 7 nitrogen and oxygen atoms in total. The van der Waals surface area contributed by atoms with Gasteiger partial charge in [-0.1, -0.05) is 25.4 Å². The highest BCUT2D eigenvalue weighted by atomic mass is 35.5. The average Bonchev–Trinajstić information content (AvgIpc) is 2.52. The number of carbonyl (C=O) groups is 1. The number of hydrogen-bond acceptors (Lipinski definition) is 6. The van der Waals surface area contributed by atoms with Crippen molar-refractivity contribution in [1.82, 2.24) is 0 Å². The van der Waals surface area contributed by atoms with Crippen LogP contribution < -0.4 is 5.73 Å². The lowest BCUT2D eigenvalue weighted by atomic mass is 9.70. The summed E-state index contributed by atoms with van der Waals surface area (Å²) < 4.78 is 5.59. The molecule has 1 aliphatic heterocycles. The van der Waals surface area contributed by atoms with Gasteiger partial charge in [0.1, 0.15) is 17.4 Å². The monoisotopic (exact) mass is 373 g/mol. The van der Waals surface area contributed by atoms with Gasteiger partial charge in [0.25, 0.3) is 5.69 Å². The average molecular weight is 374 g/mol. The first-order chi connectivity index (χ1) is 12.1. The minimum absolute atomic E-state index is 0.0270. The first kappa shape index (κ1) is 18.0. The van der Waals surface area contributed by atoms with Crippen molar-refractivity contribution in [3.63, 3.8) is 0 Å². The van der Waals surface area contributed by atoms with Gasteiger partial charge in [0.2, 0.25) is 5.88 Å². The molecule has 0 fully saturated rings. The Bertz CT molecular complexity index is 940. The van der Waals surface area contributed by atoms with Crippen LogP contribution in [0.4, 0.5) is 5.69 Å². The fourth-order valence-corrected chi connectivity index (χ4v) is 3.69. The predicted octanol–water partition coefficient (Wildman–Crippen LogP) is 3.70. The number of nitro benzene ring substituents is 1. The lowest BCUT2D eigenvalue weighted by Gasteiger charge is -2.37. The molecule has 0 bridgehead atoms. The second-order valence-electron chi connectivity index (χ2n) is 7.17. The Labute approximate surface area is 154 Å². The lowest BCUT2D eigenvalue weighted by molar-refractivity contribution is -0.384. The quantitative estimate of drug-likeness (QED) is 0.623. The first-order valence-electron chi connectivity index (χ1n) is 7.92. The zero-order chi connectivity index (χ0) is 19.2. The molecule has 1 atom stereocenters. The van der Waals surface area contributed by atoms with E-state index in [0.717, 1.165) is 0 Å². The molecule has 0 saturated carbocycles. The van der Waals surface area contributed by atoms with E-state index in [1.54, 1.807) is 0 Å². The van der Waals surface area contributed by atoms with Gasteiger partial charge in [-0.05, 0) is 17.0 Å². The number of nitrogens with two attached hydrogens (primary N) is 1. The van der Waals surface area contributed by atoms with Crippen molar-refractivity contribution < 1.29 is 14.5 Å². The van der Waals surface area contributed by atoms with Gasteiger partial charge in [0.15, 0.2) is 5.78 Å². The van der Waals surface area contributed by atoms with Gasteiger partial charge < -0.3 is 10.5 Å². The number of ether oxygens (including phenoxy) is 1. The molecule has 0 spiro atoms. The van der Waals surface area contributed by atoms with E-state index in [0.29, 0.717) is 23.3 Å². The van der Waals surface area contributed by atoms with E-state index >= 15 is 0 Å². The van der Waals surface area contributed by atoms with Gasteiger partial charge in [0.05, 0.1) is 10.8 Å². The molecule has 26 heavy (non-hydrogen) atoms. The number of Topliss-reactive ketones (excluding diaryl/α,β-unsaturated/α-hetero) is 1. The summed E-state index contributed by atoms with van der Waals surface area (Å²) in [6.07, 6.45) is 0.743. The molecule has 3 rings (SSSR count). The number of benzene rings is 1. The summed E-state index contributed by atoms with van der Waals surface area (Å²) in [5.74, 6) is -0.761. The molecule has 134 valence electrons. The van der Waals surface area contributed by atoms with E-state index < -0.39 is 10.8 Å². The number of nitriles is 1. The summed E-state index contributed by atoms with van der Waals surface area (Å²) in [4.78, 5) is 23.4.